The molecule has 1 aromatic heterocycles. The van der Waals surface area contributed by atoms with Gasteiger partial charge in [-0.2, -0.15) is 0 Å². The standard InChI is InChI=1S/C25H31N3O3/c1-4-27-12-14-28(15-13-27)24(29)16-20(19-9-7-11-23(30-2)25(19)31-3)21-17-26-22-10-6-5-8-18(21)22/h5-11,17,20,26H,4,12-16H2,1-3H3/p+1/t20-/m0/s1. The largest absolute Gasteiger partial charge is 0.493 e. The molecule has 2 N–H and O–H groups in total. The third-order valence-corrected chi connectivity index (χ3v) is 6.51. The number of amides is 1. The fourth-order valence-corrected chi connectivity index (χ4v) is 4.69. The molecule has 6 heteroatoms. The van der Waals surface area contributed by atoms with Gasteiger partial charge in [0.05, 0.1) is 46.9 Å². The molecule has 1 aliphatic rings. The number of rotatable bonds is 7. The number of aromatic nitrogens is 1. The first-order valence-electron chi connectivity index (χ1n) is 11.0. The number of hydrogen-bond donors (Lipinski definition) is 2. The lowest BCUT2D eigenvalue weighted by Gasteiger charge is -2.32. The fraction of sp³-hybridized carbons (Fsp3) is 0.400. The van der Waals surface area contributed by atoms with Crippen molar-refractivity contribution >= 4 is 16.8 Å². The van der Waals surface area contributed by atoms with Crippen molar-refractivity contribution in [3.05, 3.63) is 59.8 Å². The van der Waals surface area contributed by atoms with Crippen molar-refractivity contribution in [3.8, 4) is 11.5 Å². The molecule has 0 bridgehead atoms. The Morgan fingerprint density at radius 1 is 1.06 bits per heavy atom. The molecule has 1 atom stereocenters. The SMILES string of the molecule is CC[NH+]1CCN(C(=O)C[C@@H](c2cccc(OC)c2OC)c2c[nH]c3ccccc23)CC1. The van der Waals surface area contributed by atoms with Crippen molar-refractivity contribution in [2.75, 3.05) is 46.9 Å². The van der Waals surface area contributed by atoms with Crippen LogP contribution in [0.1, 0.15) is 30.4 Å². The number of aromatic amines is 1. The van der Waals surface area contributed by atoms with Gasteiger partial charge >= 0.3 is 0 Å². The summed E-state index contributed by atoms with van der Waals surface area (Å²) in [6.07, 6.45) is 2.42. The van der Waals surface area contributed by atoms with Crippen molar-refractivity contribution in [2.24, 2.45) is 0 Å². The van der Waals surface area contributed by atoms with Crippen LogP contribution in [0.3, 0.4) is 0 Å². The van der Waals surface area contributed by atoms with Gasteiger partial charge in [0, 0.05) is 35.0 Å². The van der Waals surface area contributed by atoms with Gasteiger partial charge in [0.1, 0.15) is 0 Å². The zero-order valence-electron chi connectivity index (χ0n) is 18.6. The zero-order chi connectivity index (χ0) is 21.8. The lowest BCUT2D eigenvalue weighted by molar-refractivity contribution is -0.902. The average molecular weight is 423 g/mol. The first-order chi connectivity index (χ1) is 15.2. The highest BCUT2D eigenvalue weighted by molar-refractivity contribution is 5.86. The van der Waals surface area contributed by atoms with Gasteiger partial charge in [-0.15, -0.1) is 0 Å². The zero-order valence-corrected chi connectivity index (χ0v) is 18.6. The van der Waals surface area contributed by atoms with Gasteiger partial charge in [0.2, 0.25) is 5.91 Å². The maximum absolute atomic E-state index is 13.4. The number of carbonyl (C=O) groups is 1. The van der Waals surface area contributed by atoms with E-state index in [0.29, 0.717) is 17.9 Å². The summed E-state index contributed by atoms with van der Waals surface area (Å²) in [5.74, 6) is 1.42. The number of nitrogens with one attached hydrogen (secondary N) is 2. The first-order valence-corrected chi connectivity index (χ1v) is 11.0. The van der Waals surface area contributed by atoms with Crippen LogP contribution in [0.2, 0.25) is 0 Å². The van der Waals surface area contributed by atoms with Crippen molar-refractivity contribution in [3.63, 3.8) is 0 Å². The highest BCUT2D eigenvalue weighted by atomic mass is 16.5. The highest BCUT2D eigenvalue weighted by Crippen LogP contribution is 2.42. The number of carbonyl (C=O) groups excluding carboxylic acids is 1. The van der Waals surface area contributed by atoms with Crippen LogP contribution in [0.4, 0.5) is 0 Å². The van der Waals surface area contributed by atoms with E-state index in [0.717, 1.165) is 54.8 Å². The van der Waals surface area contributed by atoms with Crippen LogP contribution in [-0.4, -0.2) is 62.7 Å². The average Bonchev–Trinajstić information content (AvgIpc) is 3.25. The molecule has 2 heterocycles. The predicted molar refractivity (Wildman–Crippen MR) is 122 cm³/mol. The molecule has 0 aliphatic carbocycles. The predicted octanol–water partition coefficient (Wildman–Crippen LogP) is 2.45. The molecule has 1 aliphatic heterocycles. The number of H-pyrrole nitrogens is 1. The molecule has 1 fully saturated rings. The van der Waals surface area contributed by atoms with Crippen LogP contribution < -0.4 is 14.4 Å². The van der Waals surface area contributed by atoms with E-state index in [2.05, 4.69) is 24.0 Å². The van der Waals surface area contributed by atoms with E-state index in [1.165, 1.54) is 0 Å². The number of piperazine rings is 1. The minimum absolute atomic E-state index is 0.134. The summed E-state index contributed by atoms with van der Waals surface area (Å²) in [6, 6.07) is 14.1. The van der Waals surface area contributed by atoms with E-state index < -0.39 is 0 Å². The number of ether oxygens (including phenoxy) is 2. The number of hydrogen-bond acceptors (Lipinski definition) is 3. The summed E-state index contributed by atoms with van der Waals surface area (Å²) < 4.78 is 11.3. The second-order valence-electron chi connectivity index (χ2n) is 8.11. The summed E-state index contributed by atoms with van der Waals surface area (Å²) in [6.45, 7) is 6.98. The Bertz CT molecular complexity index is 1040. The molecule has 3 aromatic rings. The Labute approximate surface area is 183 Å². The Hall–Kier alpha value is -2.99. The van der Waals surface area contributed by atoms with Crippen molar-refractivity contribution in [1.29, 1.82) is 0 Å². The Morgan fingerprint density at radius 3 is 2.55 bits per heavy atom. The maximum atomic E-state index is 13.4. The summed E-state index contributed by atoms with van der Waals surface area (Å²) in [4.78, 5) is 20.4. The Balaban J connectivity index is 1.71. The molecule has 0 radical (unpaired) electrons. The normalized spacial score (nSPS) is 15.8. The first kappa shape index (κ1) is 21.2. The molecule has 31 heavy (non-hydrogen) atoms. The topological polar surface area (TPSA) is 59.0 Å². The smallest absolute Gasteiger partial charge is 0.223 e. The van der Waals surface area contributed by atoms with Gasteiger partial charge in [-0.05, 0) is 24.6 Å². The number of likely N-dealkylation sites (N-methyl/N-ethyl adjacent to an activating group) is 1. The van der Waals surface area contributed by atoms with Gasteiger partial charge < -0.3 is 24.3 Å². The second-order valence-corrected chi connectivity index (χ2v) is 8.11. The van der Waals surface area contributed by atoms with Crippen molar-refractivity contribution < 1.29 is 19.2 Å². The summed E-state index contributed by atoms with van der Waals surface area (Å²) in [7, 11) is 3.30. The number of methoxy groups -OCH3 is 2. The van der Waals surface area contributed by atoms with Gasteiger partial charge in [-0.3, -0.25) is 4.79 Å². The van der Waals surface area contributed by atoms with Gasteiger partial charge in [0.25, 0.3) is 0 Å². The van der Waals surface area contributed by atoms with E-state index in [9.17, 15) is 4.79 Å². The van der Waals surface area contributed by atoms with E-state index in [1.807, 2.05) is 41.4 Å². The van der Waals surface area contributed by atoms with Gasteiger partial charge in [-0.25, -0.2) is 0 Å². The number of para-hydroxylation sites is 2. The van der Waals surface area contributed by atoms with E-state index in [4.69, 9.17) is 9.47 Å². The minimum Gasteiger partial charge on any atom is -0.493 e. The molecular formula is C25H32N3O3+. The van der Waals surface area contributed by atoms with Crippen LogP contribution >= 0.6 is 0 Å². The molecule has 164 valence electrons. The molecule has 1 amide bonds. The lowest BCUT2D eigenvalue weighted by Crippen LogP contribution is -3.14. The van der Waals surface area contributed by atoms with Crippen molar-refractivity contribution in [2.45, 2.75) is 19.3 Å². The number of quaternary nitrogens is 1. The number of fused-ring (bicyclic) bond motifs is 1. The molecule has 6 nitrogen and oxygen atoms in total. The highest BCUT2D eigenvalue weighted by Gasteiger charge is 2.29. The van der Waals surface area contributed by atoms with Crippen LogP contribution in [0, 0.1) is 0 Å². The minimum atomic E-state index is -0.134. The van der Waals surface area contributed by atoms with Crippen LogP contribution in [0.5, 0.6) is 11.5 Å². The second kappa shape index (κ2) is 9.43. The Kier molecular flexibility index (Phi) is 6.47. The number of nitrogens with zero attached hydrogens (tertiary/aromatic N) is 1. The van der Waals surface area contributed by atoms with E-state index in [-0.39, 0.29) is 11.8 Å². The molecule has 0 saturated carbocycles. The molecule has 4 rings (SSSR count). The van der Waals surface area contributed by atoms with Crippen molar-refractivity contribution in [1.82, 2.24) is 9.88 Å². The van der Waals surface area contributed by atoms with E-state index in [1.54, 1.807) is 19.1 Å². The van der Waals surface area contributed by atoms with Crippen LogP contribution in [0.15, 0.2) is 48.7 Å². The molecule has 0 spiro atoms. The molecule has 1 saturated heterocycles. The molecule has 0 unspecified atom stereocenters. The summed E-state index contributed by atoms with van der Waals surface area (Å²) >= 11 is 0. The third-order valence-electron chi connectivity index (χ3n) is 6.51. The molecular weight excluding hydrogens is 390 g/mol. The Morgan fingerprint density at radius 2 is 1.84 bits per heavy atom. The van der Waals surface area contributed by atoms with Gasteiger partial charge in [-0.1, -0.05) is 30.3 Å². The lowest BCUT2D eigenvalue weighted by atomic mass is 9.87. The maximum Gasteiger partial charge on any atom is 0.223 e. The summed E-state index contributed by atoms with van der Waals surface area (Å²) in [5, 5.41) is 1.13. The van der Waals surface area contributed by atoms with E-state index >= 15 is 0 Å². The van der Waals surface area contributed by atoms with Crippen LogP contribution in [-0.2, 0) is 4.79 Å². The number of benzene rings is 2. The monoisotopic (exact) mass is 422 g/mol. The molecule has 2 aromatic carbocycles. The third kappa shape index (κ3) is 4.26. The van der Waals surface area contributed by atoms with Gasteiger partial charge in [0.15, 0.2) is 11.5 Å². The quantitative estimate of drug-likeness (QED) is 0.615. The summed E-state index contributed by atoms with van der Waals surface area (Å²) in [5.41, 5.74) is 3.14. The van der Waals surface area contributed by atoms with Crippen LogP contribution in [0.25, 0.3) is 10.9 Å². The fourth-order valence-electron chi connectivity index (χ4n) is 4.69.